The van der Waals surface area contributed by atoms with Gasteiger partial charge in [0.1, 0.15) is 0 Å². The zero-order chi connectivity index (χ0) is 12.2. The predicted molar refractivity (Wildman–Crippen MR) is 54.7 cm³/mol. The summed E-state index contributed by atoms with van der Waals surface area (Å²) in [6.45, 7) is 2.36. The van der Waals surface area contributed by atoms with Crippen molar-refractivity contribution in [2.75, 3.05) is 6.61 Å². The molecular weight excluding hydrogens is 219 g/mol. The van der Waals surface area contributed by atoms with Crippen molar-refractivity contribution in [1.29, 1.82) is 0 Å². The van der Waals surface area contributed by atoms with Crippen LogP contribution in [0.15, 0.2) is 24.3 Å². The summed E-state index contributed by atoms with van der Waals surface area (Å²) in [5.41, 5.74) is 4.31. The first kappa shape index (κ1) is 13.0. The number of halogens is 3. The molecule has 90 valence electrons. The van der Waals surface area contributed by atoms with E-state index in [-0.39, 0.29) is 6.04 Å². The van der Waals surface area contributed by atoms with Gasteiger partial charge in [-0.1, -0.05) is 24.3 Å². The van der Waals surface area contributed by atoms with Crippen LogP contribution in [0.2, 0.25) is 0 Å². The number of hydrogen-bond acceptors (Lipinski definition) is 2. The fourth-order valence-corrected chi connectivity index (χ4v) is 1.38. The average molecular weight is 233 g/mol. The Bertz CT molecular complexity index is 338. The molecule has 0 saturated carbocycles. The smallest absolute Gasteiger partial charge is 0.292 e. The summed E-state index contributed by atoms with van der Waals surface area (Å²) in [4.78, 5) is 4.39. The van der Waals surface area contributed by atoms with Crippen molar-refractivity contribution in [3.8, 4) is 0 Å². The number of hydroxylamine groups is 1. The summed E-state index contributed by atoms with van der Waals surface area (Å²) >= 11 is 0. The van der Waals surface area contributed by atoms with Crippen molar-refractivity contribution >= 4 is 0 Å². The minimum absolute atomic E-state index is 0.274. The summed E-state index contributed by atoms with van der Waals surface area (Å²) in [5.74, 6) is 0. The zero-order valence-corrected chi connectivity index (χ0v) is 9.14. The molecule has 1 N–H and O–H groups in total. The number of alkyl halides is 3. The van der Waals surface area contributed by atoms with E-state index < -0.39 is 12.8 Å². The zero-order valence-electron chi connectivity index (χ0n) is 9.14. The maximum Gasteiger partial charge on any atom is 0.413 e. The lowest BCUT2D eigenvalue weighted by Gasteiger charge is -2.16. The summed E-state index contributed by atoms with van der Waals surface area (Å²) in [6.07, 6.45) is -4.31. The molecule has 1 atom stereocenters. The van der Waals surface area contributed by atoms with Crippen LogP contribution in [0.25, 0.3) is 0 Å². The largest absolute Gasteiger partial charge is 0.413 e. The lowest BCUT2D eigenvalue weighted by molar-refractivity contribution is -0.192. The molecule has 0 amide bonds. The van der Waals surface area contributed by atoms with Gasteiger partial charge in [0, 0.05) is 0 Å². The van der Waals surface area contributed by atoms with Gasteiger partial charge >= 0.3 is 6.18 Å². The molecule has 0 bridgehead atoms. The molecule has 0 aromatic heterocycles. The summed E-state index contributed by atoms with van der Waals surface area (Å²) in [6, 6.07) is 7.19. The number of nitrogens with one attached hydrogen (secondary N) is 1. The molecule has 16 heavy (non-hydrogen) atoms. The molecule has 5 heteroatoms. The molecule has 0 aliphatic heterocycles. The van der Waals surface area contributed by atoms with Crippen LogP contribution in [0.5, 0.6) is 0 Å². The van der Waals surface area contributed by atoms with E-state index in [1.165, 1.54) is 0 Å². The summed E-state index contributed by atoms with van der Waals surface area (Å²) < 4.78 is 35.5. The van der Waals surface area contributed by atoms with Gasteiger partial charge in [0.05, 0.1) is 6.04 Å². The van der Waals surface area contributed by atoms with Crippen molar-refractivity contribution in [2.45, 2.75) is 26.1 Å². The molecule has 0 heterocycles. The van der Waals surface area contributed by atoms with E-state index in [0.717, 1.165) is 11.1 Å². The third-order valence-electron chi connectivity index (χ3n) is 2.15. The minimum Gasteiger partial charge on any atom is -0.292 e. The first-order valence-electron chi connectivity index (χ1n) is 4.90. The van der Waals surface area contributed by atoms with Crippen molar-refractivity contribution < 1.29 is 18.0 Å². The average Bonchev–Trinajstić information content (AvgIpc) is 2.16. The van der Waals surface area contributed by atoms with E-state index in [9.17, 15) is 13.2 Å². The van der Waals surface area contributed by atoms with Crippen LogP contribution in [-0.2, 0) is 4.84 Å². The fraction of sp³-hybridized carbons (Fsp3) is 0.455. The van der Waals surface area contributed by atoms with Gasteiger partial charge in [-0.05, 0) is 25.0 Å². The van der Waals surface area contributed by atoms with Crippen LogP contribution in [0.4, 0.5) is 13.2 Å². The lowest BCUT2D eigenvalue weighted by Crippen LogP contribution is -2.27. The first-order valence-corrected chi connectivity index (χ1v) is 4.90. The van der Waals surface area contributed by atoms with Gasteiger partial charge in [0.2, 0.25) is 0 Å². The van der Waals surface area contributed by atoms with Crippen LogP contribution in [0, 0.1) is 6.92 Å². The normalized spacial score (nSPS) is 13.8. The van der Waals surface area contributed by atoms with Crippen molar-refractivity contribution in [1.82, 2.24) is 5.48 Å². The fourth-order valence-electron chi connectivity index (χ4n) is 1.38. The molecule has 0 spiro atoms. The van der Waals surface area contributed by atoms with E-state index in [1.54, 1.807) is 6.92 Å². The van der Waals surface area contributed by atoms with Gasteiger partial charge in [-0.2, -0.15) is 18.7 Å². The van der Waals surface area contributed by atoms with Crippen molar-refractivity contribution in [2.24, 2.45) is 0 Å². The Kier molecular flexibility index (Phi) is 4.32. The topological polar surface area (TPSA) is 21.3 Å². The van der Waals surface area contributed by atoms with Crippen LogP contribution in [0.1, 0.15) is 24.1 Å². The second kappa shape index (κ2) is 5.32. The molecule has 2 nitrogen and oxygen atoms in total. The Balaban J connectivity index is 2.47. The van der Waals surface area contributed by atoms with Gasteiger partial charge in [-0.15, -0.1) is 0 Å². The number of aryl methyl sites for hydroxylation is 1. The van der Waals surface area contributed by atoms with Crippen molar-refractivity contribution in [3.05, 3.63) is 35.4 Å². The number of benzene rings is 1. The molecule has 0 fully saturated rings. The number of hydrogen-bond donors (Lipinski definition) is 1. The monoisotopic (exact) mass is 233 g/mol. The van der Waals surface area contributed by atoms with Gasteiger partial charge in [-0.3, -0.25) is 4.84 Å². The molecule has 1 aromatic carbocycles. The maximum absolute atomic E-state index is 11.8. The Morgan fingerprint density at radius 2 is 1.94 bits per heavy atom. The quantitative estimate of drug-likeness (QED) is 0.807. The SMILES string of the molecule is Cc1ccccc1C(C)NOCC(F)(F)F. The molecule has 1 rings (SSSR count). The highest BCUT2D eigenvalue weighted by Gasteiger charge is 2.28. The lowest BCUT2D eigenvalue weighted by atomic mass is 10.0. The second-order valence-electron chi connectivity index (χ2n) is 3.60. The van der Waals surface area contributed by atoms with Gasteiger partial charge in [0.15, 0.2) is 6.61 Å². The van der Waals surface area contributed by atoms with Crippen molar-refractivity contribution in [3.63, 3.8) is 0 Å². The van der Waals surface area contributed by atoms with Crippen LogP contribution >= 0.6 is 0 Å². The summed E-state index contributed by atoms with van der Waals surface area (Å²) in [5, 5.41) is 0. The van der Waals surface area contributed by atoms with E-state index in [2.05, 4.69) is 10.3 Å². The highest BCUT2D eigenvalue weighted by Crippen LogP contribution is 2.18. The van der Waals surface area contributed by atoms with E-state index >= 15 is 0 Å². The molecular formula is C11H14F3NO. The highest BCUT2D eigenvalue weighted by atomic mass is 19.4. The Hall–Kier alpha value is -1.07. The number of rotatable bonds is 4. The van der Waals surface area contributed by atoms with Gasteiger partial charge in [0.25, 0.3) is 0 Å². The summed E-state index contributed by atoms with van der Waals surface area (Å²) in [7, 11) is 0. The maximum atomic E-state index is 11.8. The van der Waals surface area contributed by atoms with Gasteiger partial charge < -0.3 is 0 Å². The van der Waals surface area contributed by atoms with Crippen LogP contribution in [-0.4, -0.2) is 12.8 Å². The van der Waals surface area contributed by atoms with E-state index in [1.807, 2.05) is 31.2 Å². The van der Waals surface area contributed by atoms with E-state index in [4.69, 9.17) is 0 Å². The molecule has 1 aromatic rings. The minimum atomic E-state index is -4.31. The predicted octanol–water partition coefficient (Wildman–Crippen LogP) is 3.14. The molecule has 0 saturated heterocycles. The molecule has 0 radical (unpaired) electrons. The third-order valence-corrected chi connectivity index (χ3v) is 2.15. The standard InChI is InChI=1S/C11H14F3NO/c1-8-5-3-4-6-10(8)9(2)15-16-7-11(12,13)14/h3-6,9,15H,7H2,1-2H3. The Morgan fingerprint density at radius 1 is 1.31 bits per heavy atom. The van der Waals surface area contributed by atoms with Crippen LogP contribution in [0.3, 0.4) is 0 Å². The molecule has 1 unspecified atom stereocenters. The van der Waals surface area contributed by atoms with Crippen LogP contribution < -0.4 is 5.48 Å². The first-order chi connectivity index (χ1) is 7.40. The van der Waals surface area contributed by atoms with Gasteiger partial charge in [-0.25, -0.2) is 0 Å². The second-order valence-corrected chi connectivity index (χ2v) is 3.60. The Morgan fingerprint density at radius 3 is 2.50 bits per heavy atom. The third kappa shape index (κ3) is 4.20. The van der Waals surface area contributed by atoms with E-state index in [0.29, 0.717) is 0 Å². The molecule has 0 aliphatic carbocycles. The highest BCUT2D eigenvalue weighted by molar-refractivity contribution is 5.27. The Labute approximate surface area is 92.4 Å². The molecule has 0 aliphatic rings.